The van der Waals surface area contributed by atoms with Crippen molar-refractivity contribution in [3.05, 3.63) is 29.6 Å². The minimum atomic E-state index is -0.298. The highest BCUT2D eigenvalue weighted by molar-refractivity contribution is 5.33. The van der Waals surface area contributed by atoms with E-state index in [1.807, 2.05) is 6.07 Å². The molecule has 0 bridgehead atoms. The second kappa shape index (κ2) is 6.16. The van der Waals surface area contributed by atoms with E-state index in [-0.39, 0.29) is 17.6 Å². The van der Waals surface area contributed by atoms with Crippen LogP contribution in [0.4, 0.5) is 4.39 Å². The van der Waals surface area contributed by atoms with Gasteiger partial charge in [-0.1, -0.05) is 31.4 Å². The van der Waals surface area contributed by atoms with Crippen LogP contribution in [0.5, 0.6) is 5.75 Å². The molecule has 1 unspecified atom stereocenters. The Balaban J connectivity index is 2.26. The standard InChI is InChI=1S/C14H21FN2O/c1-18-12-9-5-8-11(13(12)15)14(17-16)10-6-3-2-4-7-10/h5,8-10,14,17H,2-4,6-7,16H2,1H3. The van der Waals surface area contributed by atoms with Gasteiger partial charge in [0.1, 0.15) is 0 Å². The Morgan fingerprint density at radius 3 is 2.67 bits per heavy atom. The van der Waals surface area contributed by atoms with Crippen LogP contribution in [-0.4, -0.2) is 7.11 Å². The number of nitrogens with one attached hydrogen (secondary N) is 1. The van der Waals surface area contributed by atoms with E-state index < -0.39 is 0 Å². The highest BCUT2D eigenvalue weighted by atomic mass is 19.1. The predicted molar refractivity (Wildman–Crippen MR) is 69.6 cm³/mol. The van der Waals surface area contributed by atoms with E-state index in [2.05, 4.69) is 5.43 Å². The molecule has 1 aromatic rings. The molecule has 0 saturated heterocycles. The topological polar surface area (TPSA) is 47.3 Å². The summed E-state index contributed by atoms with van der Waals surface area (Å²) in [6, 6.07) is 5.11. The lowest BCUT2D eigenvalue weighted by molar-refractivity contribution is 0.266. The molecule has 1 aliphatic carbocycles. The average Bonchev–Trinajstić information content (AvgIpc) is 2.43. The lowest BCUT2D eigenvalue weighted by atomic mass is 9.81. The van der Waals surface area contributed by atoms with Crippen molar-refractivity contribution in [3.63, 3.8) is 0 Å². The van der Waals surface area contributed by atoms with E-state index in [0.29, 0.717) is 11.5 Å². The Morgan fingerprint density at radius 2 is 2.06 bits per heavy atom. The van der Waals surface area contributed by atoms with E-state index in [1.54, 1.807) is 12.1 Å². The summed E-state index contributed by atoms with van der Waals surface area (Å²) in [5, 5.41) is 0. The third-order valence-electron chi connectivity index (χ3n) is 3.85. The summed E-state index contributed by atoms with van der Waals surface area (Å²) in [7, 11) is 1.48. The molecule has 1 fully saturated rings. The predicted octanol–water partition coefficient (Wildman–Crippen LogP) is 2.92. The second-order valence-electron chi connectivity index (χ2n) is 4.91. The van der Waals surface area contributed by atoms with Gasteiger partial charge in [0.05, 0.1) is 13.2 Å². The van der Waals surface area contributed by atoms with Crippen molar-refractivity contribution in [2.75, 3.05) is 7.11 Å². The monoisotopic (exact) mass is 252 g/mol. The summed E-state index contributed by atoms with van der Waals surface area (Å²) in [6.07, 6.45) is 5.88. The van der Waals surface area contributed by atoms with Crippen LogP contribution in [0.15, 0.2) is 18.2 Å². The molecule has 3 N–H and O–H groups in total. The number of halogens is 1. The highest BCUT2D eigenvalue weighted by Crippen LogP contribution is 2.36. The zero-order chi connectivity index (χ0) is 13.0. The molecular formula is C14H21FN2O. The normalized spacial score (nSPS) is 18.6. The zero-order valence-corrected chi connectivity index (χ0v) is 10.8. The number of ether oxygens (including phenoxy) is 1. The Hall–Kier alpha value is -1.13. The van der Waals surface area contributed by atoms with Crippen molar-refractivity contribution >= 4 is 0 Å². The van der Waals surface area contributed by atoms with Gasteiger partial charge in [0, 0.05) is 5.56 Å². The van der Waals surface area contributed by atoms with Crippen LogP contribution in [-0.2, 0) is 0 Å². The fraction of sp³-hybridized carbons (Fsp3) is 0.571. The molecule has 0 aliphatic heterocycles. The van der Waals surface area contributed by atoms with Gasteiger partial charge >= 0.3 is 0 Å². The largest absolute Gasteiger partial charge is 0.494 e. The highest BCUT2D eigenvalue weighted by Gasteiger charge is 2.27. The maximum Gasteiger partial charge on any atom is 0.169 e. The Kier molecular flexibility index (Phi) is 4.55. The number of rotatable bonds is 4. The number of methoxy groups -OCH3 is 1. The molecule has 1 aliphatic rings. The molecule has 0 radical (unpaired) electrons. The molecule has 0 aromatic heterocycles. The lowest BCUT2D eigenvalue weighted by Crippen LogP contribution is -2.35. The van der Waals surface area contributed by atoms with E-state index in [9.17, 15) is 4.39 Å². The molecule has 18 heavy (non-hydrogen) atoms. The zero-order valence-electron chi connectivity index (χ0n) is 10.8. The molecule has 3 nitrogen and oxygen atoms in total. The number of hydrogen-bond donors (Lipinski definition) is 2. The van der Waals surface area contributed by atoms with Crippen molar-refractivity contribution in [2.45, 2.75) is 38.1 Å². The summed E-state index contributed by atoms with van der Waals surface area (Å²) in [5.41, 5.74) is 3.40. The summed E-state index contributed by atoms with van der Waals surface area (Å²) in [6.45, 7) is 0. The van der Waals surface area contributed by atoms with Crippen LogP contribution in [0.25, 0.3) is 0 Å². The first-order chi connectivity index (χ1) is 8.77. The molecule has 1 aromatic carbocycles. The van der Waals surface area contributed by atoms with E-state index >= 15 is 0 Å². The van der Waals surface area contributed by atoms with Crippen molar-refractivity contribution in [1.29, 1.82) is 0 Å². The first-order valence-electron chi connectivity index (χ1n) is 6.56. The van der Waals surface area contributed by atoms with Crippen LogP contribution >= 0.6 is 0 Å². The summed E-state index contributed by atoms with van der Waals surface area (Å²) >= 11 is 0. The number of hydrazine groups is 1. The van der Waals surface area contributed by atoms with Crippen LogP contribution < -0.4 is 16.0 Å². The summed E-state index contributed by atoms with van der Waals surface area (Å²) in [5.74, 6) is 6.03. The average molecular weight is 252 g/mol. The van der Waals surface area contributed by atoms with Gasteiger partial charge in [-0.15, -0.1) is 0 Å². The van der Waals surface area contributed by atoms with E-state index in [4.69, 9.17) is 10.6 Å². The van der Waals surface area contributed by atoms with E-state index in [0.717, 1.165) is 12.8 Å². The van der Waals surface area contributed by atoms with Crippen molar-refractivity contribution < 1.29 is 9.13 Å². The van der Waals surface area contributed by atoms with Crippen molar-refractivity contribution in [2.24, 2.45) is 11.8 Å². The summed E-state index contributed by atoms with van der Waals surface area (Å²) in [4.78, 5) is 0. The SMILES string of the molecule is COc1cccc(C(NN)C2CCCCC2)c1F. The maximum atomic E-state index is 14.2. The van der Waals surface area contributed by atoms with Gasteiger partial charge in [-0.3, -0.25) is 11.3 Å². The molecule has 2 rings (SSSR count). The molecule has 4 heteroatoms. The number of hydrogen-bond acceptors (Lipinski definition) is 3. The minimum absolute atomic E-state index is 0.125. The van der Waals surface area contributed by atoms with Gasteiger partial charge in [0.2, 0.25) is 0 Å². The third kappa shape index (κ3) is 2.65. The number of benzene rings is 1. The van der Waals surface area contributed by atoms with Crippen molar-refractivity contribution in [1.82, 2.24) is 5.43 Å². The van der Waals surface area contributed by atoms with Gasteiger partial charge < -0.3 is 4.74 Å². The maximum absolute atomic E-state index is 14.2. The molecule has 100 valence electrons. The lowest BCUT2D eigenvalue weighted by Gasteiger charge is -2.30. The fourth-order valence-corrected chi connectivity index (χ4v) is 2.87. The molecule has 0 amide bonds. The van der Waals surface area contributed by atoms with Gasteiger partial charge in [0.15, 0.2) is 11.6 Å². The fourth-order valence-electron chi connectivity index (χ4n) is 2.87. The van der Waals surface area contributed by atoms with Gasteiger partial charge in [-0.25, -0.2) is 4.39 Å². The van der Waals surface area contributed by atoms with Crippen LogP contribution in [0.2, 0.25) is 0 Å². The Bertz CT molecular complexity index is 391. The van der Waals surface area contributed by atoms with Gasteiger partial charge in [-0.05, 0) is 24.8 Å². The number of nitrogens with two attached hydrogens (primary N) is 1. The quantitative estimate of drug-likeness (QED) is 0.640. The van der Waals surface area contributed by atoms with Gasteiger partial charge in [0.25, 0.3) is 0 Å². The molecule has 1 saturated carbocycles. The van der Waals surface area contributed by atoms with E-state index in [1.165, 1.54) is 26.4 Å². The molecule has 0 heterocycles. The van der Waals surface area contributed by atoms with Crippen molar-refractivity contribution in [3.8, 4) is 5.75 Å². The summed E-state index contributed by atoms with van der Waals surface area (Å²) < 4.78 is 19.3. The van der Waals surface area contributed by atoms with Crippen LogP contribution in [0.3, 0.4) is 0 Å². The third-order valence-corrected chi connectivity index (χ3v) is 3.85. The first-order valence-corrected chi connectivity index (χ1v) is 6.56. The van der Waals surface area contributed by atoms with Crippen LogP contribution in [0.1, 0.15) is 43.7 Å². The molecule has 0 spiro atoms. The molecule has 1 atom stereocenters. The Labute approximate surface area is 107 Å². The molecular weight excluding hydrogens is 231 g/mol. The first kappa shape index (κ1) is 13.3. The Morgan fingerprint density at radius 1 is 1.33 bits per heavy atom. The second-order valence-corrected chi connectivity index (χ2v) is 4.91. The smallest absolute Gasteiger partial charge is 0.169 e. The van der Waals surface area contributed by atoms with Crippen LogP contribution in [0, 0.1) is 11.7 Å². The minimum Gasteiger partial charge on any atom is -0.494 e. The van der Waals surface area contributed by atoms with Gasteiger partial charge in [-0.2, -0.15) is 0 Å².